The first-order chi connectivity index (χ1) is 5.11. The summed E-state index contributed by atoms with van der Waals surface area (Å²) in [6.45, 7) is 3.63. The Hall–Kier alpha value is -0.890. The Morgan fingerprint density at radius 1 is 1.55 bits per heavy atom. The molecule has 0 saturated heterocycles. The van der Waals surface area contributed by atoms with Crippen molar-refractivity contribution in [3.63, 3.8) is 0 Å². The number of aromatic nitrogens is 1. The smallest absolute Gasteiger partial charge is 0.254 e. The van der Waals surface area contributed by atoms with E-state index in [1.807, 2.05) is 6.92 Å². The second-order valence-corrected chi connectivity index (χ2v) is 2.76. The fourth-order valence-corrected chi connectivity index (χ4v) is 1.03. The first-order valence-electron chi connectivity index (χ1n) is 3.24. The maximum atomic E-state index is 10.7. The van der Waals surface area contributed by atoms with Crippen LogP contribution in [0.5, 0.6) is 0 Å². The van der Waals surface area contributed by atoms with Crippen LogP contribution in [0.2, 0.25) is 0 Å². The summed E-state index contributed by atoms with van der Waals surface area (Å²) in [5.41, 5.74) is 2.11. The van der Waals surface area contributed by atoms with Gasteiger partial charge in [-0.15, -0.1) is 0 Å². The highest BCUT2D eigenvalue weighted by atomic mass is 35.5. The van der Waals surface area contributed by atoms with Crippen molar-refractivity contribution < 1.29 is 4.79 Å². The van der Waals surface area contributed by atoms with Crippen LogP contribution < -0.4 is 0 Å². The average molecular weight is 170 g/mol. The van der Waals surface area contributed by atoms with Crippen LogP contribution in [-0.2, 0) is 0 Å². The number of hydrogen-bond acceptors (Lipinski definition) is 2. The molecule has 0 spiro atoms. The first-order valence-corrected chi connectivity index (χ1v) is 3.62. The van der Waals surface area contributed by atoms with Gasteiger partial charge in [-0.1, -0.05) is 0 Å². The largest absolute Gasteiger partial charge is 0.276 e. The van der Waals surface area contributed by atoms with E-state index in [1.54, 1.807) is 19.2 Å². The SMILES string of the molecule is Cc1cnc(C)c(C(=O)Cl)c1. The van der Waals surface area contributed by atoms with E-state index < -0.39 is 5.24 Å². The number of hydrogen-bond donors (Lipinski definition) is 0. The molecule has 58 valence electrons. The second kappa shape index (κ2) is 3.01. The average Bonchev–Trinajstić information content (AvgIpc) is 1.94. The zero-order valence-electron chi connectivity index (χ0n) is 6.39. The molecule has 0 N–H and O–H groups in total. The van der Waals surface area contributed by atoms with Gasteiger partial charge in [-0.25, -0.2) is 0 Å². The van der Waals surface area contributed by atoms with Crippen LogP contribution in [0.1, 0.15) is 21.6 Å². The summed E-state index contributed by atoms with van der Waals surface area (Å²) < 4.78 is 0. The molecule has 0 radical (unpaired) electrons. The Bertz CT molecular complexity index is 296. The van der Waals surface area contributed by atoms with Gasteiger partial charge in [0.15, 0.2) is 0 Å². The molecule has 2 nitrogen and oxygen atoms in total. The molecule has 0 aliphatic heterocycles. The summed E-state index contributed by atoms with van der Waals surface area (Å²) in [4.78, 5) is 14.7. The fraction of sp³-hybridized carbons (Fsp3) is 0.250. The van der Waals surface area contributed by atoms with Crippen LogP contribution in [0.4, 0.5) is 0 Å². The molecule has 0 saturated carbocycles. The number of carbonyl (C=O) groups is 1. The maximum Gasteiger partial charge on any atom is 0.254 e. The summed E-state index contributed by atoms with van der Waals surface area (Å²) in [7, 11) is 0. The zero-order chi connectivity index (χ0) is 8.43. The summed E-state index contributed by atoms with van der Waals surface area (Å²) >= 11 is 5.30. The standard InChI is InChI=1S/C8H8ClNO/c1-5-3-7(8(9)11)6(2)10-4-5/h3-4H,1-2H3. The topological polar surface area (TPSA) is 30.0 Å². The lowest BCUT2D eigenvalue weighted by Crippen LogP contribution is -1.96. The van der Waals surface area contributed by atoms with Gasteiger partial charge in [0.2, 0.25) is 0 Å². The molecule has 3 heteroatoms. The normalized spacial score (nSPS) is 9.73. The number of aryl methyl sites for hydroxylation is 2. The van der Waals surface area contributed by atoms with Crippen molar-refractivity contribution in [1.29, 1.82) is 0 Å². The second-order valence-electron chi connectivity index (χ2n) is 2.42. The van der Waals surface area contributed by atoms with Gasteiger partial charge in [0.25, 0.3) is 5.24 Å². The van der Waals surface area contributed by atoms with Crippen molar-refractivity contribution in [2.24, 2.45) is 0 Å². The van der Waals surface area contributed by atoms with E-state index in [0.29, 0.717) is 11.3 Å². The van der Waals surface area contributed by atoms with Crippen LogP contribution in [-0.4, -0.2) is 10.2 Å². The zero-order valence-corrected chi connectivity index (χ0v) is 7.14. The molecule has 0 fully saturated rings. The van der Waals surface area contributed by atoms with Gasteiger partial charge in [-0.05, 0) is 37.1 Å². The van der Waals surface area contributed by atoms with E-state index in [2.05, 4.69) is 4.98 Å². The Morgan fingerprint density at radius 3 is 2.64 bits per heavy atom. The first kappa shape index (κ1) is 8.21. The molecule has 0 aliphatic carbocycles. The van der Waals surface area contributed by atoms with Crippen molar-refractivity contribution in [2.45, 2.75) is 13.8 Å². The van der Waals surface area contributed by atoms with E-state index in [0.717, 1.165) is 5.56 Å². The van der Waals surface area contributed by atoms with Crippen molar-refractivity contribution in [1.82, 2.24) is 4.98 Å². The van der Waals surface area contributed by atoms with Crippen molar-refractivity contribution in [2.75, 3.05) is 0 Å². The van der Waals surface area contributed by atoms with Gasteiger partial charge in [-0.2, -0.15) is 0 Å². The molecule has 1 aromatic heterocycles. The van der Waals surface area contributed by atoms with E-state index in [4.69, 9.17) is 11.6 Å². The van der Waals surface area contributed by atoms with Gasteiger partial charge in [0.05, 0.1) is 5.56 Å². The number of carbonyl (C=O) groups excluding carboxylic acids is 1. The minimum atomic E-state index is -0.446. The summed E-state index contributed by atoms with van der Waals surface area (Å²) in [6, 6.07) is 1.73. The lowest BCUT2D eigenvalue weighted by molar-refractivity contribution is 0.108. The van der Waals surface area contributed by atoms with Crippen LogP contribution in [0.15, 0.2) is 12.3 Å². The maximum absolute atomic E-state index is 10.7. The van der Waals surface area contributed by atoms with Crippen molar-refractivity contribution in [3.8, 4) is 0 Å². The monoisotopic (exact) mass is 169 g/mol. The lowest BCUT2D eigenvalue weighted by atomic mass is 10.2. The molecule has 0 atom stereocenters. The minimum Gasteiger partial charge on any atom is -0.276 e. The summed E-state index contributed by atoms with van der Waals surface area (Å²) in [5, 5.41) is -0.446. The van der Waals surface area contributed by atoms with E-state index in [1.165, 1.54) is 0 Å². The predicted octanol–water partition coefficient (Wildman–Crippen LogP) is 2.08. The van der Waals surface area contributed by atoms with Crippen LogP contribution >= 0.6 is 11.6 Å². The van der Waals surface area contributed by atoms with E-state index >= 15 is 0 Å². The van der Waals surface area contributed by atoms with Crippen LogP contribution in [0, 0.1) is 13.8 Å². The summed E-state index contributed by atoms with van der Waals surface area (Å²) in [5.74, 6) is 0. The third-order valence-electron chi connectivity index (χ3n) is 1.44. The number of rotatable bonds is 1. The lowest BCUT2D eigenvalue weighted by Gasteiger charge is -1.99. The van der Waals surface area contributed by atoms with Gasteiger partial charge in [-0.3, -0.25) is 9.78 Å². The van der Waals surface area contributed by atoms with Gasteiger partial charge < -0.3 is 0 Å². The Labute approximate surface area is 70.2 Å². The Kier molecular flexibility index (Phi) is 2.25. The molecule has 1 heterocycles. The highest BCUT2D eigenvalue weighted by Crippen LogP contribution is 2.09. The molecule has 0 aromatic carbocycles. The molecule has 1 rings (SSSR count). The molecule has 0 amide bonds. The van der Waals surface area contributed by atoms with Gasteiger partial charge >= 0.3 is 0 Å². The van der Waals surface area contributed by atoms with Crippen molar-refractivity contribution >= 4 is 16.8 Å². The van der Waals surface area contributed by atoms with Gasteiger partial charge in [0.1, 0.15) is 0 Å². The summed E-state index contributed by atoms with van der Waals surface area (Å²) in [6.07, 6.45) is 1.71. The Morgan fingerprint density at radius 2 is 2.18 bits per heavy atom. The van der Waals surface area contributed by atoms with E-state index in [-0.39, 0.29) is 0 Å². The molecule has 0 bridgehead atoms. The molecule has 11 heavy (non-hydrogen) atoms. The number of halogens is 1. The number of pyridine rings is 1. The minimum absolute atomic E-state index is 0.446. The molecule has 0 unspecified atom stereocenters. The highest BCUT2D eigenvalue weighted by Gasteiger charge is 2.05. The third-order valence-corrected chi connectivity index (χ3v) is 1.64. The molecular formula is C8H8ClNO. The van der Waals surface area contributed by atoms with Crippen LogP contribution in [0.3, 0.4) is 0 Å². The molecule has 1 aromatic rings. The van der Waals surface area contributed by atoms with Crippen molar-refractivity contribution in [3.05, 3.63) is 29.1 Å². The fourth-order valence-electron chi connectivity index (χ4n) is 0.837. The van der Waals surface area contributed by atoms with E-state index in [9.17, 15) is 4.79 Å². The molecule has 0 aliphatic rings. The Balaban J connectivity index is 3.23. The highest BCUT2D eigenvalue weighted by molar-refractivity contribution is 6.67. The molecular weight excluding hydrogens is 162 g/mol. The van der Waals surface area contributed by atoms with Gasteiger partial charge in [0, 0.05) is 11.9 Å². The van der Waals surface area contributed by atoms with Crippen LogP contribution in [0.25, 0.3) is 0 Å². The third kappa shape index (κ3) is 1.77. The number of nitrogens with zero attached hydrogens (tertiary/aromatic N) is 1. The quantitative estimate of drug-likeness (QED) is 0.603. The predicted molar refractivity (Wildman–Crippen MR) is 43.9 cm³/mol.